The number of benzene rings is 8. The summed E-state index contributed by atoms with van der Waals surface area (Å²) in [5.41, 5.74) is 20.4. The molecule has 0 atom stereocenters. The first kappa shape index (κ1) is 31.3. The molecular weight excluding hydrogens is 617 g/mol. The molecule has 0 saturated heterocycles. The zero-order chi connectivity index (χ0) is 35.3. The van der Waals surface area contributed by atoms with Gasteiger partial charge in [0.05, 0.1) is 0 Å². The average Bonchev–Trinajstić information content (AvgIpc) is 3.52. The Hall–Kier alpha value is -5.66. The fraction of sp³-hybridized carbons (Fsp3) is 0.160. The summed E-state index contributed by atoms with van der Waals surface area (Å²) in [5, 5.41) is 10.2. The molecule has 0 fully saturated rings. The Labute approximate surface area is 300 Å². The fourth-order valence-corrected chi connectivity index (χ4v) is 8.87. The third-order valence-electron chi connectivity index (χ3n) is 12.3. The molecule has 1 heteroatoms. The third kappa shape index (κ3) is 4.47. The summed E-state index contributed by atoms with van der Waals surface area (Å²) in [5.74, 6) is 0. The second-order valence-corrected chi connectivity index (χ2v) is 14.7. The van der Waals surface area contributed by atoms with Gasteiger partial charge in [0.25, 0.3) is 0 Å². The predicted molar refractivity (Wildman–Crippen MR) is 220 cm³/mol. The van der Waals surface area contributed by atoms with Gasteiger partial charge < -0.3 is 4.42 Å². The highest BCUT2D eigenvalue weighted by atomic mass is 16.3. The lowest BCUT2D eigenvalue weighted by Crippen LogP contribution is -2.04. The van der Waals surface area contributed by atoms with Crippen molar-refractivity contribution < 1.29 is 4.42 Å². The van der Waals surface area contributed by atoms with Crippen molar-refractivity contribution in [3.05, 3.63) is 154 Å². The molecule has 51 heavy (non-hydrogen) atoms. The molecule has 0 bridgehead atoms. The number of hydrogen-bond donors (Lipinski definition) is 0. The van der Waals surface area contributed by atoms with E-state index < -0.39 is 0 Å². The summed E-state index contributed by atoms with van der Waals surface area (Å²) in [6.45, 7) is 18.6. The van der Waals surface area contributed by atoms with Crippen LogP contribution in [0.2, 0.25) is 0 Å². The largest absolute Gasteiger partial charge is 0.456 e. The van der Waals surface area contributed by atoms with Gasteiger partial charge in [-0.15, -0.1) is 0 Å². The zero-order valence-electron chi connectivity index (χ0n) is 30.8. The topological polar surface area (TPSA) is 13.1 Å². The van der Waals surface area contributed by atoms with E-state index >= 15 is 0 Å². The SMILES string of the molecule is Cc1c(C)c(C)c2c(-c3ccccc3-c3ccccc3)c3c(C)c(C)c(C)c(C)c3c(-c3ccc4oc5cc6ccccc6cc5c4c3)c2c1C. The molecule has 8 aromatic carbocycles. The first-order valence-electron chi connectivity index (χ1n) is 18.1. The van der Waals surface area contributed by atoms with Gasteiger partial charge in [-0.2, -0.15) is 0 Å². The summed E-state index contributed by atoms with van der Waals surface area (Å²) in [4.78, 5) is 0. The lowest BCUT2D eigenvalue weighted by atomic mass is 9.76. The molecule has 1 aromatic heterocycles. The van der Waals surface area contributed by atoms with Gasteiger partial charge in [0.2, 0.25) is 0 Å². The molecule has 0 aliphatic heterocycles. The van der Waals surface area contributed by atoms with Crippen molar-refractivity contribution >= 4 is 54.3 Å². The Morgan fingerprint density at radius 3 is 1.39 bits per heavy atom. The molecule has 248 valence electrons. The van der Waals surface area contributed by atoms with Crippen LogP contribution in [0.25, 0.3) is 87.6 Å². The highest BCUT2D eigenvalue weighted by Gasteiger charge is 2.27. The molecule has 0 saturated carbocycles. The minimum Gasteiger partial charge on any atom is -0.456 e. The van der Waals surface area contributed by atoms with Crippen LogP contribution in [0.4, 0.5) is 0 Å². The molecule has 9 rings (SSSR count). The van der Waals surface area contributed by atoms with Crippen molar-refractivity contribution in [1.29, 1.82) is 0 Å². The van der Waals surface area contributed by atoms with Crippen LogP contribution in [-0.4, -0.2) is 0 Å². The maximum Gasteiger partial charge on any atom is 0.136 e. The maximum atomic E-state index is 6.51. The molecular formula is C50H42O. The van der Waals surface area contributed by atoms with Crippen LogP contribution >= 0.6 is 0 Å². The normalized spacial score (nSPS) is 11.9. The molecule has 0 amide bonds. The molecule has 9 aromatic rings. The van der Waals surface area contributed by atoms with Crippen molar-refractivity contribution in [3.8, 4) is 33.4 Å². The van der Waals surface area contributed by atoms with Crippen LogP contribution in [0.1, 0.15) is 44.5 Å². The summed E-state index contributed by atoms with van der Waals surface area (Å²) < 4.78 is 6.51. The highest BCUT2D eigenvalue weighted by molar-refractivity contribution is 6.26. The van der Waals surface area contributed by atoms with Crippen molar-refractivity contribution in [2.24, 2.45) is 0 Å². The van der Waals surface area contributed by atoms with Gasteiger partial charge in [-0.25, -0.2) is 0 Å². The van der Waals surface area contributed by atoms with Gasteiger partial charge in [0.15, 0.2) is 0 Å². The molecule has 1 nitrogen and oxygen atoms in total. The minimum absolute atomic E-state index is 0.922. The van der Waals surface area contributed by atoms with Crippen molar-refractivity contribution in [2.45, 2.75) is 55.4 Å². The lowest BCUT2D eigenvalue weighted by molar-refractivity contribution is 0.669. The predicted octanol–water partition coefficient (Wildman–Crippen LogP) is 14.5. The van der Waals surface area contributed by atoms with Crippen LogP contribution < -0.4 is 0 Å². The molecule has 1 heterocycles. The van der Waals surface area contributed by atoms with Gasteiger partial charge in [-0.3, -0.25) is 0 Å². The van der Waals surface area contributed by atoms with Crippen molar-refractivity contribution in [1.82, 2.24) is 0 Å². The van der Waals surface area contributed by atoms with E-state index in [0.29, 0.717) is 0 Å². The van der Waals surface area contributed by atoms with Gasteiger partial charge in [-0.05, 0) is 190 Å². The number of rotatable bonds is 3. The smallest absolute Gasteiger partial charge is 0.136 e. The Morgan fingerprint density at radius 1 is 0.333 bits per heavy atom. The van der Waals surface area contributed by atoms with E-state index in [1.165, 1.54) is 110 Å². The standard InChI is InChI=1S/C50H42O/c1-27-29(3)33(7)47-45(31(27)5)49(38-22-23-43-41(25-38)42-24-36-18-12-13-19-37(36)26-44(42)51-43)46-32(6)28(2)30(4)34(8)48(46)50(47)40-21-15-14-20-39(40)35-16-10-9-11-17-35/h9-26H,1-8H3. The van der Waals surface area contributed by atoms with E-state index in [0.717, 1.165) is 21.9 Å². The average molecular weight is 659 g/mol. The van der Waals surface area contributed by atoms with E-state index in [2.05, 4.69) is 165 Å². The third-order valence-corrected chi connectivity index (χ3v) is 12.3. The molecule has 0 spiro atoms. The van der Waals surface area contributed by atoms with Gasteiger partial charge >= 0.3 is 0 Å². The monoisotopic (exact) mass is 658 g/mol. The second-order valence-electron chi connectivity index (χ2n) is 14.7. The van der Waals surface area contributed by atoms with Crippen LogP contribution in [0, 0.1) is 55.4 Å². The van der Waals surface area contributed by atoms with E-state index in [4.69, 9.17) is 4.42 Å². The van der Waals surface area contributed by atoms with Crippen LogP contribution in [0.15, 0.2) is 114 Å². The second kappa shape index (κ2) is 11.4. The molecule has 0 aliphatic rings. The molecule has 0 N–H and O–H groups in total. The van der Waals surface area contributed by atoms with Crippen LogP contribution in [-0.2, 0) is 0 Å². The first-order chi connectivity index (χ1) is 24.7. The summed E-state index contributed by atoms with van der Waals surface area (Å²) in [6, 6.07) is 39.8. The van der Waals surface area contributed by atoms with Crippen molar-refractivity contribution in [2.75, 3.05) is 0 Å². The number of hydrogen-bond acceptors (Lipinski definition) is 1. The minimum atomic E-state index is 0.922. The van der Waals surface area contributed by atoms with Gasteiger partial charge in [0.1, 0.15) is 11.2 Å². The maximum absolute atomic E-state index is 6.51. The van der Waals surface area contributed by atoms with E-state index in [9.17, 15) is 0 Å². The van der Waals surface area contributed by atoms with Gasteiger partial charge in [0, 0.05) is 10.8 Å². The fourth-order valence-electron chi connectivity index (χ4n) is 8.87. The van der Waals surface area contributed by atoms with E-state index in [1.807, 2.05) is 0 Å². The zero-order valence-corrected chi connectivity index (χ0v) is 30.8. The quantitative estimate of drug-likeness (QED) is 0.172. The Balaban J connectivity index is 1.52. The van der Waals surface area contributed by atoms with Crippen molar-refractivity contribution in [3.63, 3.8) is 0 Å². The molecule has 0 radical (unpaired) electrons. The van der Waals surface area contributed by atoms with Gasteiger partial charge in [-0.1, -0.05) is 84.9 Å². The summed E-state index contributed by atoms with van der Waals surface area (Å²) >= 11 is 0. The molecule has 0 unspecified atom stereocenters. The Morgan fingerprint density at radius 2 is 0.804 bits per heavy atom. The number of aryl methyl sites for hydroxylation is 4. The van der Waals surface area contributed by atoms with E-state index in [-0.39, 0.29) is 0 Å². The number of furan rings is 1. The summed E-state index contributed by atoms with van der Waals surface area (Å²) in [6.07, 6.45) is 0. The van der Waals surface area contributed by atoms with E-state index in [1.54, 1.807) is 0 Å². The Kier molecular flexibility index (Phi) is 7.03. The lowest BCUT2D eigenvalue weighted by Gasteiger charge is -2.27. The van der Waals surface area contributed by atoms with Crippen LogP contribution in [0.5, 0.6) is 0 Å². The van der Waals surface area contributed by atoms with Crippen LogP contribution in [0.3, 0.4) is 0 Å². The first-order valence-corrected chi connectivity index (χ1v) is 18.1. The number of fused-ring (bicyclic) bond motifs is 6. The molecule has 0 aliphatic carbocycles. The highest BCUT2D eigenvalue weighted by Crippen LogP contribution is 2.52. The Bertz CT molecular complexity index is 2840. The summed E-state index contributed by atoms with van der Waals surface area (Å²) in [7, 11) is 0.